The van der Waals surface area contributed by atoms with Gasteiger partial charge in [-0.05, 0) is 26.3 Å². The SMILES string of the molecule is CC(=O)OC[C@H]1O[C@H](N2[C@H]3[C@H](O)C=C(COC(=O)C(C)(C)C)[C@H]32)[C@H](OC(C)=O)[C@@H](OC(C)=O)[C@@H]1OC(C)=O. The van der Waals surface area contributed by atoms with E-state index in [0.717, 1.165) is 20.8 Å². The number of fused-ring (bicyclic) bond motifs is 1. The summed E-state index contributed by atoms with van der Waals surface area (Å²) in [5.41, 5.74) is -0.104. The van der Waals surface area contributed by atoms with Crippen molar-refractivity contribution >= 4 is 29.8 Å². The lowest BCUT2D eigenvalue weighted by atomic mass is 9.96. The topological polar surface area (TPSA) is 164 Å². The average Bonchev–Trinajstić information content (AvgIpc) is 3.42. The molecule has 0 aromatic heterocycles. The van der Waals surface area contributed by atoms with Gasteiger partial charge in [0.1, 0.15) is 19.3 Å². The first-order valence-electron chi connectivity index (χ1n) is 12.3. The van der Waals surface area contributed by atoms with Gasteiger partial charge in [-0.2, -0.15) is 0 Å². The Morgan fingerprint density at radius 1 is 0.868 bits per heavy atom. The molecule has 9 atom stereocenters. The fraction of sp³-hybridized carbons (Fsp3) is 0.720. The lowest BCUT2D eigenvalue weighted by Gasteiger charge is -2.45. The number of aliphatic hydroxyl groups excluding tert-OH is 1. The number of aliphatic hydroxyl groups is 1. The van der Waals surface area contributed by atoms with Gasteiger partial charge in [0, 0.05) is 27.7 Å². The molecule has 2 fully saturated rings. The number of carbonyl (C=O) groups excluding carboxylic acids is 5. The van der Waals surface area contributed by atoms with E-state index in [1.54, 1.807) is 31.7 Å². The van der Waals surface area contributed by atoms with Gasteiger partial charge in [-0.1, -0.05) is 6.08 Å². The van der Waals surface area contributed by atoms with Crippen molar-refractivity contribution in [2.75, 3.05) is 13.2 Å². The maximum absolute atomic E-state index is 12.3. The minimum atomic E-state index is -1.32. The molecular formula is C25H35NO12. The van der Waals surface area contributed by atoms with Gasteiger partial charge < -0.3 is 33.5 Å². The summed E-state index contributed by atoms with van der Waals surface area (Å²) >= 11 is 0. The molecule has 1 aliphatic carbocycles. The third-order valence-electron chi connectivity index (χ3n) is 6.26. The van der Waals surface area contributed by atoms with Gasteiger partial charge in [0.05, 0.1) is 23.6 Å². The molecule has 13 nitrogen and oxygen atoms in total. The van der Waals surface area contributed by atoms with Crippen LogP contribution in [0.5, 0.6) is 0 Å². The van der Waals surface area contributed by atoms with E-state index in [2.05, 4.69) is 0 Å². The Labute approximate surface area is 220 Å². The van der Waals surface area contributed by atoms with E-state index in [1.807, 2.05) is 0 Å². The molecule has 13 heteroatoms. The highest BCUT2D eigenvalue weighted by molar-refractivity contribution is 5.75. The van der Waals surface area contributed by atoms with Crippen molar-refractivity contribution < 1.29 is 57.5 Å². The molecule has 0 saturated carbocycles. The molecule has 0 aromatic rings. The summed E-state index contributed by atoms with van der Waals surface area (Å²) in [7, 11) is 0. The van der Waals surface area contributed by atoms with E-state index < -0.39 is 84.1 Å². The van der Waals surface area contributed by atoms with Crippen LogP contribution in [0, 0.1) is 5.41 Å². The van der Waals surface area contributed by atoms with Gasteiger partial charge in [0.25, 0.3) is 0 Å². The minimum absolute atomic E-state index is 0.0733. The van der Waals surface area contributed by atoms with Crippen LogP contribution in [-0.2, 0) is 52.4 Å². The van der Waals surface area contributed by atoms with E-state index in [0.29, 0.717) is 5.57 Å². The first kappa shape index (κ1) is 29.5. The summed E-state index contributed by atoms with van der Waals surface area (Å²) in [6, 6.07) is -0.933. The van der Waals surface area contributed by atoms with Crippen molar-refractivity contribution in [1.82, 2.24) is 4.90 Å². The molecule has 0 spiro atoms. The van der Waals surface area contributed by atoms with Crippen LogP contribution in [-0.4, -0.2) is 102 Å². The van der Waals surface area contributed by atoms with Crippen molar-refractivity contribution in [2.24, 2.45) is 5.41 Å². The van der Waals surface area contributed by atoms with Gasteiger partial charge in [-0.25, -0.2) is 0 Å². The average molecular weight is 542 g/mol. The summed E-state index contributed by atoms with van der Waals surface area (Å²) in [6.45, 7) is 9.35. The number of rotatable bonds is 8. The van der Waals surface area contributed by atoms with E-state index in [1.165, 1.54) is 6.92 Å². The van der Waals surface area contributed by atoms with Crippen LogP contribution >= 0.6 is 0 Å². The van der Waals surface area contributed by atoms with Crippen LogP contribution in [0.3, 0.4) is 0 Å². The lowest BCUT2D eigenvalue weighted by molar-refractivity contribution is -0.270. The second kappa shape index (κ2) is 11.4. The zero-order valence-corrected chi connectivity index (χ0v) is 22.5. The van der Waals surface area contributed by atoms with Crippen LogP contribution < -0.4 is 0 Å². The predicted octanol–water partition coefficient (Wildman–Crippen LogP) is 0.0125. The molecule has 3 rings (SSSR count). The van der Waals surface area contributed by atoms with Crippen molar-refractivity contribution in [3.05, 3.63) is 11.6 Å². The van der Waals surface area contributed by atoms with Crippen molar-refractivity contribution in [3.8, 4) is 0 Å². The van der Waals surface area contributed by atoms with Crippen LogP contribution in [0.2, 0.25) is 0 Å². The minimum Gasteiger partial charge on any atom is -0.463 e. The Balaban J connectivity index is 1.92. The smallest absolute Gasteiger partial charge is 0.311 e. The molecule has 38 heavy (non-hydrogen) atoms. The summed E-state index contributed by atoms with van der Waals surface area (Å²) in [5, 5.41) is 10.7. The maximum Gasteiger partial charge on any atom is 0.311 e. The number of ether oxygens (including phenoxy) is 6. The number of carbonyl (C=O) groups is 5. The van der Waals surface area contributed by atoms with Crippen LogP contribution in [0.25, 0.3) is 0 Å². The number of hydrogen-bond donors (Lipinski definition) is 1. The fourth-order valence-corrected chi connectivity index (χ4v) is 4.73. The highest BCUT2D eigenvalue weighted by Crippen LogP contribution is 2.48. The lowest BCUT2D eigenvalue weighted by Crippen LogP contribution is -2.64. The maximum atomic E-state index is 12.3. The van der Waals surface area contributed by atoms with E-state index in [9.17, 15) is 29.1 Å². The predicted molar refractivity (Wildman–Crippen MR) is 126 cm³/mol. The van der Waals surface area contributed by atoms with E-state index in [-0.39, 0.29) is 13.2 Å². The quantitative estimate of drug-likeness (QED) is 0.189. The number of hydrogen-bond acceptors (Lipinski definition) is 13. The third-order valence-corrected chi connectivity index (χ3v) is 6.26. The van der Waals surface area contributed by atoms with E-state index in [4.69, 9.17) is 28.4 Å². The number of esters is 5. The van der Waals surface area contributed by atoms with Gasteiger partial charge in [0.2, 0.25) is 0 Å². The highest BCUT2D eigenvalue weighted by atomic mass is 16.7. The molecule has 3 aliphatic rings. The summed E-state index contributed by atoms with van der Waals surface area (Å²) < 4.78 is 33.1. The van der Waals surface area contributed by atoms with Gasteiger partial charge in [-0.3, -0.25) is 28.9 Å². The van der Waals surface area contributed by atoms with Crippen molar-refractivity contribution in [3.63, 3.8) is 0 Å². The molecule has 212 valence electrons. The van der Waals surface area contributed by atoms with Gasteiger partial charge >= 0.3 is 29.8 Å². The Kier molecular flexibility index (Phi) is 8.84. The molecule has 2 saturated heterocycles. The highest BCUT2D eigenvalue weighted by Gasteiger charge is 2.66. The first-order valence-corrected chi connectivity index (χ1v) is 12.3. The molecule has 1 N–H and O–H groups in total. The second-order valence-electron chi connectivity index (χ2n) is 10.5. The monoisotopic (exact) mass is 541 g/mol. The molecule has 0 radical (unpaired) electrons. The standard InChI is InChI=1S/C25H35NO12/c1-11(27)33-10-17-20(35-12(2)28)21(36-13(3)29)22(37-14(4)30)23(38-17)26-18-15(8-16(31)19(18)26)9-34-24(32)25(5,6)7/h8,16-23,31H,9-10H2,1-7H3/t16-,17-,18-,19+,20-,21+,22-,23+,26?/m1/s1. The Bertz CT molecular complexity index is 1000. The second-order valence-corrected chi connectivity index (χ2v) is 10.5. The Morgan fingerprint density at radius 3 is 1.95 bits per heavy atom. The van der Waals surface area contributed by atoms with Gasteiger partial charge in [-0.15, -0.1) is 0 Å². The molecule has 2 aliphatic heterocycles. The van der Waals surface area contributed by atoms with Crippen molar-refractivity contribution in [1.29, 1.82) is 0 Å². The zero-order chi connectivity index (χ0) is 28.5. The fourth-order valence-electron chi connectivity index (χ4n) is 4.73. The first-order chi connectivity index (χ1) is 17.6. The summed E-state index contributed by atoms with van der Waals surface area (Å²) in [6.07, 6.45) is -5.42. The third kappa shape index (κ3) is 6.69. The normalized spacial score (nSPS) is 33.8. The Hall–Kier alpha value is -3.03. The molecule has 1 unspecified atom stereocenters. The van der Waals surface area contributed by atoms with Crippen LogP contribution in [0.15, 0.2) is 11.6 Å². The molecule has 2 heterocycles. The molecule has 0 bridgehead atoms. The largest absolute Gasteiger partial charge is 0.463 e. The molecule has 0 amide bonds. The number of nitrogens with zero attached hydrogens (tertiary/aromatic N) is 1. The van der Waals surface area contributed by atoms with Crippen LogP contribution in [0.1, 0.15) is 48.5 Å². The Morgan fingerprint density at radius 2 is 1.42 bits per heavy atom. The summed E-state index contributed by atoms with van der Waals surface area (Å²) in [5.74, 6) is -3.23. The molecule has 0 aromatic carbocycles. The van der Waals surface area contributed by atoms with Crippen molar-refractivity contribution in [2.45, 2.75) is 97.3 Å². The van der Waals surface area contributed by atoms with Gasteiger partial charge in [0.15, 0.2) is 24.5 Å². The molecular weight excluding hydrogens is 506 g/mol. The van der Waals surface area contributed by atoms with Crippen LogP contribution in [0.4, 0.5) is 0 Å². The zero-order valence-electron chi connectivity index (χ0n) is 22.5. The summed E-state index contributed by atoms with van der Waals surface area (Å²) in [4.78, 5) is 61.5. The van der Waals surface area contributed by atoms with E-state index >= 15 is 0 Å².